The van der Waals surface area contributed by atoms with E-state index in [0.29, 0.717) is 11.3 Å². The number of amides is 2. The third-order valence-corrected chi connectivity index (χ3v) is 4.98. The number of anilines is 1. The van der Waals surface area contributed by atoms with Crippen LogP contribution in [0.1, 0.15) is 33.8 Å². The number of esters is 1. The third kappa shape index (κ3) is 5.76. The fraction of sp³-hybridized carbons (Fsp3) is 0.136. The molecular formula is C22H20N2O4S. The molecule has 0 aliphatic carbocycles. The Bertz CT molecular complexity index is 970. The number of carbonyl (C=O) groups is 3. The van der Waals surface area contributed by atoms with Gasteiger partial charge in [0, 0.05) is 17.5 Å². The van der Waals surface area contributed by atoms with Crippen molar-refractivity contribution in [2.45, 2.75) is 13.0 Å². The number of hydrogen-bond donors (Lipinski definition) is 2. The fourth-order valence-electron chi connectivity index (χ4n) is 2.73. The van der Waals surface area contributed by atoms with Gasteiger partial charge in [-0.3, -0.25) is 9.59 Å². The highest BCUT2D eigenvalue weighted by molar-refractivity contribution is 7.10. The van der Waals surface area contributed by atoms with E-state index in [1.807, 2.05) is 47.8 Å². The molecule has 6 nitrogen and oxygen atoms in total. The van der Waals surface area contributed by atoms with Crippen LogP contribution in [0, 0.1) is 0 Å². The molecule has 0 aliphatic heterocycles. The van der Waals surface area contributed by atoms with Gasteiger partial charge in [0.1, 0.15) is 0 Å². The second kappa shape index (κ2) is 9.66. The summed E-state index contributed by atoms with van der Waals surface area (Å²) in [4.78, 5) is 36.6. The summed E-state index contributed by atoms with van der Waals surface area (Å²) in [7, 11) is 0. The highest BCUT2D eigenvalue weighted by atomic mass is 32.1. The van der Waals surface area contributed by atoms with E-state index in [1.54, 1.807) is 23.5 Å². The van der Waals surface area contributed by atoms with Crippen molar-refractivity contribution >= 4 is 34.8 Å². The lowest BCUT2D eigenvalue weighted by atomic mass is 10.1. The first-order valence-electron chi connectivity index (χ1n) is 8.95. The summed E-state index contributed by atoms with van der Waals surface area (Å²) in [5, 5.41) is 7.48. The third-order valence-electron chi connectivity index (χ3n) is 4.04. The lowest BCUT2D eigenvalue weighted by Crippen LogP contribution is -2.32. The number of carbonyl (C=O) groups excluding carboxylic acids is 3. The molecule has 0 unspecified atom stereocenters. The lowest BCUT2D eigenvalue weighted by Gasteiger charge is -2.18. The zero-order chi connectivity index (χ0) is 20.6. The van der Waals surface area contributed by atoms with Crippen molar-refractivity contribution in [3.63, 3.8) is 0 Å². The highest BCUT2D eigenvalue weighted by Gasteiger charge is 2.19. The normalized spacial score (nSPS) is 11.3. The zero-order valence-corrected chi connectivity index (χ0v) is 16.6. The minimum absolute atomic E-state index is 0.198. The molecule has 2 amide bonds. The van der Waals surface area contributed by atoms with E-state index in [9.17, 15) is 14.4 Å². The van der Waals surface area contributed by atoms with Crippen LogP contribution in [0.4, 0.5) is 5.69 Å². The van der Waals surface area contributed by atoms with Crippen molar-refractivity contribution < 1.29 is 19.1 Å². The molecule has 1 aromatic heterocycles. The maximum Gasteiger partial charge on any atom is 0.338 e. The fourth-order valence-corrected chi connectivity index (χ4v) is 3.53. The topological polar surface area (TPSA) is 84.5 Å². The maximum absolute atomic E-state index is 12.4. The SMILES string of the molecule is CC(=O)Nc1ccc(C(=O)OCC(=O)N[C@@H](c2ccccc2)c2cccs2)cc1. The summed E-state index contributed by atoms with van der Waals surface area (Å²) < 4.78 is 5.13. The van der Waals surface area contributed by atoms with Crippen LogP contribution in [0.2, 0.25) is 0 Å². The molecule has 7 heteroatoms. The molecule has 2 aromatic carbocycles. The van der Waals surface area contributed by atoms with Gasteiger partial charge in [-0.25, -0.2) is 4.79 Å². The van der Waals surface area contributed by atoms with E-state index < -0.39 is 11.9 Å². The van der Waals surface area contributed by atoms with Gasteiger partial charge in [-0.05, 0) is 41.3 Å². The first-order chi connectivity index (χ1) is 14.0. The van der Waals surface area contributed by atoms with Gasteiger partial charge in [0.15, 0.2) is 6.61 Å². The molecule has 0 radical (unpaired) electrons. The number of rotatable bonds is 7. The summed E-state index contributed by atoms with van der Waals surface area (Å²) >= 11 is 1.54. The van der Waals surface area contributed by atoms with Gasteiger partial charge in [-0.1, -0.05) is 36.4 Å². The van der Waals surface area contributed by atoms with E-state index in [2.05, 4.69) is 10.6 Å². The average molecular weight is 408 g/mol. The standard InChI is InChI=1S/C22H20N2O4S/c1-15(25)23-18-11-9-17(10-12-18)22(27)28-14-20(26)24-21(19-8-5-13-29-19)16-6-3-2-4-7-16/h2-13,21H,14H2,1H3,(H,23,25)(H,24,26)/t21-/m0/s1. The predicted octanol–water partition coefficient (Wildman–Crippen LogP) is 3.77. The summed E-state index contributed by atoms with van der Waals surface area (Å²) in [6.07, 6.45) is 0. The smallest absolute Gasteiger partial charge is 0.338 e. The van der Waals surface area contributed by atoms with E-state index in [4.69, 9.17) is 4.74 Å². The second-order valence-electron chi connectivity index (χ2n) is 6.26. The van der Waals surface area contributed by atoms with Gasteiger partial charge >= 0.3 is 5.97 Å². The molecule has 1 atom stereocenters. The highest BCUT2D eigenvalue weighted by Crippen LogP contribution is 2.25. The first-order valence-corrected chi connectivity index (χ1v) is 9.83. The Morgan fingerprint density at radius 2 is 1.69 bits per heavy atom. The Balaban J connectivity index is 1.59. The zero-order valence-electron chi connectivity index (χ0n) is 15.8. The van der Waals surface area contributed by atoms with Crippen molar-refractivity contribution in [3.05, 3.63) is 88.1 Å². The number of benzene rings is 2. The molecule has 0 saturated heterocycles. The van der Waals surface area contributed by atoms with Gasteiger partial charge in [0.25, 0.3) is 5.91 Å². The predicted molar refractivity (Wildman–Crippen MR) is 112 cm³/mol. The summed E-state index contributed by atoms with van der Waals surface area (Å²) in [5.41, 5.74) is 1.82. The molecular weight excluding hydrogens is 388 g/mol. The summed E-state index contributed by atoms with van der Waals surface area (Å²) in [6, 6.07) is 19.4. The average Bonchev–Trinajstić information content (AvgIpc) is 3.25. The van der Waals surface area contributed by atoms with Crippen LogP contribution in [-0.2, 0) is 14.3 Å². The van der Waals surface area contributed by atoms with Crippen LogP contribution in [0.25, 0.3) is 0 Å². The largest absolute Gasteiger partial charge is 0.452 e. The molecule has 0 spiro atoms. The maximum atomic E-state index is 12.4. The molecule has 2 N–H and O–H groups in total. The van der Waals surface area contributed by atoms with Crippen molar-refractivity contribution in [2.24, 2.45) is 0 Å². The summed E-state index contributed by atoms with van der Waals surface area (Å²) in [5.74, 6) is -1.20. The molecule has 3 rings (SSSR count). The molecule has 3 aromatic rings. The number of nitrogens with one attached hydrogen (secondary N) is 2. The first kappa shape index (κ1) is 20.3. The van der Waals surface area contributed by atoms with E-state index >= 15 is 0 Å². The van der Waals surface area contributed by atoms with E-state index in [1.165, 1.54) is 19.1 Å². The lowest BCUT2D eigenvalue weighted by molar-refractivity contribution is -0.124. The van der Waals surface area contributed by atoms with Crippen LogP contribution in [0.15, 0.2) is 72.1 Å². The molecule has 0 bridgehead atoms. The second-order valence-corrected chi connectivity index (χ2v) is 7.24. The van der Waals surface area contributed by atoms with Gasteiger partial charge in [-0.2, -0.15) is 0 Å². The molecule has 29 heavy (non-hydrogen) atoms. The van der Waals surface area contributed by atoms with Crippen LogP contribution in [0.3, 0.4) is 0 Å². The molecule has 1 heterocycles. The van der Waals surface area contributed by atoms with Gasteiger partial charge < -0.3 is 15.4 Å². The Morgan fingerprint density at radius 3 is 2.31 bits per heavy atom. The minimum atomic E-state index is -0.609. The van der Waals surface area contributed by atoms with Crippen LogP contribution < -0.4 is 10.6 Å². The Hall–Kier alpha value is -3.45. The van der Waals surface area contributed by atoms with Crippen molar-refractivity contribution in [1.82, 2.24) is 5.32 Å². The van der Waals surface area contributed by atoms with Gasteiger partial charge in [0.05, 0.1) is 11.6 Å². The quantitative estimate of drug-likeness (QED) is 0.583. The number of thiophene rings is 1. The van der Waals surface area contributed by atoms with Crippen LogP contribution in [0.5, 0.6) is 0 Å². The molecule has 0 fully saturated rings. The van der Waals surface area contributed by atoms with Gasteiger partial charge in [-0.15, -0.1) is 11.3 Å². The van der Waals surface area contributed by atoms with E-state index in [0.717, 1.165) is 10.4 Å². The Kier molecular flexibility index (Phi) is 6.76. The minimum Gasteiger partial charge on any atom is -0.452 e. The van der Waals surface area contributed by atoms with Crippen molar-refractivity contribution in [3.8, 4) is 0 Å². The number of hydrogen-bond acceptors (Lipinski definition) is 5. The Labute approximate surface area is 172 Å². The van der Waals surface area contributed by atoms with Crippen molar-refractivity contribution in [1.29, 1.82) is 0 Å². The monoisotopic (exact) mass is 408 g/mol. The van der Waals surface area contributed by atoms with Gasteiger partial charge in [0.2, 0.25) is 5.91 Å². The summed E-state index contributed by atoms with van der Waals surface area (Å²) in [6.45, 7) is 1.01. The van der Waals surface area contributed by atoms with Crippen LogP contribution >= 0.6 is 11.3 Å². The number of ether oxygens (including phenoxy) is 1. The van der Waals surface area contributed by atoms with Crippen molar-refractivity contribution in [2.75, 3.05) is 11.9 Å². The molecule has 0 saturated carbocycles. The molecule has 0 aliphatic rings. The van der Waals surface area contributed by atoms with E-state index in [-0.39, 0.29) is 18.6 Å². The van der Waals surface area contributed by atoms with Crippen LogP contribution in [-0.4, -0.2) is 24.4 Å². The Morgan fingerprint density at radius 1 is 0.966 bits per heavy atom. The molecule has 148 valence electrons.